The fourth-order valence-corrected chi connectivity index (χ4v) is 2.32. The maximum Gasteiger partial charge on any atom is 0.0645 e. The van der Waals surface area contributed by atoms with Crippen molar-refractivity contribution in [2.45, 2.75) is 25.7 Å². The molecule has 1 aromatic carbocycles. The third-order valence-corrected chi connectivity index (χ3v) is 3.42. The molecule has 0 amide bonds. The Bertz CT molecular complexity index is 384. The van der Waals surface area contributed by atoms with Crippen LogP contribution < -0.4 is 4.90 Å². The summed E-state index contributed by atoms with van der Waals surface area (Å²) in [6.45, 7) is 3.87. The van der Waals surface area contributed by atoms with Crippen LogP contribution in [0.25, 0.3) is 0 Å². The highest BCUT2D eigenvalue weighted by Gasteiger charge is 2.15. The molecule has 0 spiro atoms. The van der Waals surface area contributed by atoms with Gasteiger partial charge in [0.25, 0.3) is 0 Å². The lowest BCUT2D eigenvalue weighted by atomic mass is 9.90. The van der Waals surface area contributed by atoms with E-state index in [4.69, 9.17) is 0 Å². The number of nitrogens with zero attached hydrogens (tertiary/aromatic N) is 1. The van der Waals surface area contributed by atoms with Gasteiger partial charge in [0.15, 0.2) is 0 Å². The second kappa shape index (κ2) is 4.31. The molecule has 1 aliphatic rings. The van der Waals surface area contributed by atoms with E-state index in [1.807, 2.05) is 7.05 Å². The normalized spacial score (nSPS) is 14.5. The average molecular weight is 219 g/mol. The molecule has 2 rings (SSSR count). The van der Waals surface area contributed by atoms with Crippen LogP contribution in [-0.2, 0) is 12.8 Å². The van der Waals surface area contributed by atoms with Crippen LogP contribution in [0.3, 0.4) is 0 Å². The molecule has 0 atom stereocenters. The van der Waals surface area contributed by atoms with Crippen LogP contribution in [0.1, 0.15) is 24.0 Å². The van der Waals surface area contributed by atoms with E-state index in [1.54, 1.807) is 0 Å². The fourth-order valence-electron chi connectivity index (χ4n) is 2.21. The molecule has 2 heteroatoms. The topological polar surface area (TPSA) is 3.24 Å². The first kappa shape index (κ1) is 10.6. The van der Waals surface area contributed by atoms with Crippen LogP contribution in [0.5, 0.6) is 0 Å². The van der Waals surface area contributed by atoms with Gasteiger partial charge < -0.3 is 4.90 Å². The second-order valence-electron chi connectivity index (χ2n) is 4.10. The summed E-state index contributed by atoms with van der Waals surface area (Å²) in [7, 11) is 2.03. The van der Waals surface area contributed by atoms with Crippen LogP contribution in [0, 0.1) is 0 Å². The molecule has 15 heavy (non-hydrogen) atoms. The van der Waals surface area contributed by atoms with Crippen molar-refractivity contribution < 1.29 is 0 Å². The maximum atomic E-state index is 4.30. The predicted octanol–water partition coefficient (Wildman–Crippen LogP) is 3.40. The molecule has 0 saturated carbocycles. The smallest absolute Gasteiger partial charge is 0.0645 e. The van der Waals surface area contributed by atoms with Crippen LogP contribution in [-0.4, -0.2) is 7.05 Å². The first-order valence-electron chi connectivity index (χ1n) is 5.42. The van der Waals surface area contributed by atoms with E-state index in [9.17, 15) is 0 Å². The number of benzene rings is 1. The van der Waals surface area contributed by atoms with E-state index >= 15 is 0 Å². The molecule has 0 unspecified atom stereocenters. The molecule has 0 fully saturated rings. The Kier molecular flexibility index (Phi) is 3.06. The lowest BCUT2D eigenvalue weighted by molar-refractivity contribution is 0.685. The third kappa shape index (κ3) is 2.05. The van der Waals surface area contributed by atoms with Gasteiger partial charge in [0.05, 0.1) is 5.03 Å². The molecule has 0 heterocycles. The molecule has 0 aromatic heterocycles. The second-order valence-corrected chi connectivity index (χ2v) is 4.61. The minimum Gasteiger partial charge on any atom is -0.340 e. The summed E-state index contributed by atoms with van der Waals surface area (Å²) < 4.78 is 0. The lowest BCUT2D eigenvalue weighted by Gasteiger charge is -2.26. The Morgan fingerprint density at radius 1 is 1.33 bits per heavy atom. The van der Waals surface area contributed by atoms with Gasteiger partial charge in [0, 0.05) is 12.7 Å². The number of thiol groups is 1. The van der Waals surface area contributed by atoms with Crippen LogP contribution in [0.2, 0.25) is 0 Å². The van der Waals surface area contributed by atoms with Gasteiger partial charge in [-0.1, -0.05) is 18.7 Å². The Morgan fingerprint density at radius 3 is 2.80 bits per heavy atom. The number of aryl methyl sites for hydroxylation is 1. The summed E-state index contributed by atoms with van der Waals surface area (Å²) in [5.74, 6) is 0. The van der Waals surface area contributed by atoms with E-state index in [0.717, 1.165) is 5.03 Å². The Morgan fingerprint density at radius 2 is 2.07 bits per heavy atom. The highest BCUT2D eigenvalue weighted by atomic mass is 32.1. The third-order valence-electron chi connectivity index (χ3n) is 3.12. The van der Waals surface area contributed by atoms with Gasteiger partial charge in [-0.2, -0.15) is 0 Å². The van der Waals surface area contributed by atoms with Gasteiger partial charge in [-0.05, 0) is 42.9 Å². The van der Waals surface area contributed by atoms with E-state index < -0.39 is 0 Å². The SMILES string of the molecule is C=C(S)N(C)c1cccc2c1CCCC2. The summed E-state index contributed by atoms with van der Waals surface area (Å²) >= 11 is 4.30. The predicted molar refractivity (Wildman–Crippen MR) is 69.6 cm³/mol. The van der Waals surface area contributed by atoms with E-state index in [2.05, 4.69) is 42.3 Å². The standard InChI is InChI=1S/C13H17NS/c1-10(15)14(2)13-9-5-7-11-6-3-4-8-12(11)13/h5,7,9,15H,1,3-4,6,8H2,2H3. The quantitative estimate of drug-likeness (QED) is 0.746. The maximum absolute atomic E-state index is 4.30. The van der Waals surface area contributed by atoms with Crippen molar-refractivity contribution in [3.63, 3.8) is 0 Å². The molecule has 0 radical (unpaired) electrons. The monoisotopic (exact) mass is 219 g/mol. The first-order chi connectivity index (χ1) is 7.20. The van der Waals surface area contributed by atoms with Crippen molar-refractivity contribution in [3.05, 3.63) is 40.9 Å². The van der Waals surface area contributed by atoms with Crippen molar-refractivity contribution in [1.82, 2.24) is 0 Å². The largest absolute Gasteiger partial charge is 0.340 e. The number of hydrogen-bond acceptors (Lipinski definition) is 2. The van der Waals surface area contributed by atoms with E-state index in [0.29, 0.717) is 0 Å². The number of rotatable bonds is 2. The van der Waals surface area contributed by atoms with Gasteiger partial charge in [0.1, 0.15) is 0 Å². The minimum atomic E-state index is 0.800. The Balaban J connectivity index is 2.43. The van der Waals surface area contributed by atoms with Crippen molar-refractivity contribution in [1.29, 1.82) is 0 Å². The first-order valence-corrected chi connectivity index (χ1v) is 5.87. The Hall–Kier alpha value is -0.890. The van der Waals surface area contributed by atoms with Crippen molar-refractivity contribution in [2.75, 3.05) is 11.9 Å². The van der Waals surface area contributed by atoms with Gasteiger partial charge in [0.2, 0.25) is 0 Å². The van der Waals surface area contributed by atoms with Gasteiger partial charge >= 0.3 is 0 Å². The highest BCUT2D eigenvalue weighted by molar-refractivity contribution is 7.84. The molecule has 1 aliphatic carbocycles. The molecule has 1 nitrogen and oxygen atoms in total. The minimum absolute atomic E-state index is 0.800. The number of fused-ring (bicyclic) bond motifs is 1. The summed E-state index contributed by atoms with van der Waals surface area (Å²) in [6.07, 6.45) is 5.03. The Labute approximate surface area is 97.2 Å². The van der Waals surface area contributed by atoms with Crippen LogP contribution in [0.4, 0.5) is 5.69 Å². The molecule has 1 aromatic rings. The summed E-state index contributed by atoms with van der Waals surface area (Å²) in [5, 5.41) is 0.800. The highest BCUT2D eigenvalue weighted by Crippen LogP contribution is 2.31. The average Bonchev–Trinajstić information content (AvgIpc) is 2.27. The molecule has 0 saturated heterocycles. The van der Waals surface area contributed by atoms with Gasteiger partial charge in [-0.15, -0.1) is 12.6 Å². The van der Waals surface area contributed by atoms with Gasteiger partial charge in [-0.25, -0.2) is 0 Å². The fraction of sp³-hybridized carbons (Fsp3) is 0.385. The zero-order valence-electron chi connectivity index (χ0n) is 9.16. The number of hydrogen-bond donors (Lipinski definition) is 1. The van der Waals surface area contributed by atoms with E-state index in [-0.39, 0.29) is 0 Å². The summed E-state index contributed by atoms with van der Waals surface area (Å²) in [4.78, 5) is 2.06. The molecule has 0 aliphatic heterocycles. The molecular weight excluding hydrogens is 202 g/mol. The molecule has 0 bridgehead atoms. The van der Waals surface area contributed by atoms with Crippen LogP contribution >= 0.6 is 12.6 Å². The zero-order chi connectivity index (χ0) is 10.8. The van der Waals surface area contributed by atoms with Crippen molar-refractivity contribution in [2.24, 2.45) is 0 Å². The van der Waals surface area contributed by atoms with E-state index in [1.165, 1.54) is 42.5 Å². The van der Waals surface area contributed by atoms with Crippen molar-refractivity contribution >= 4 is 18.3 Å². The zero-order valence-corrected chi connectivity index (χ0v) is 10.1. The molecule has 80 valence electrons. The van der Waals surface area contributed by atoms with Crippen molar-refractivity contribution in [3.8, 4) is 0 Å². The molecule has 0 N–H and O–H groups in total. The molecular formula is C13H17NS. The van der Waals surface area contributed by atoms with Crippen LogP contribution in [0.15, 0.2) is 29.8 Å². The van der Waals surface area contributed by atoms with Gasteiger partial charge in [-0.3, -0.25) is 0 Å². The number of anilines is 1. The summed E-state index contributed by atoms with van der Waals surface area (Å²) in [5.41, 5.74) is 4.26. The summed E-state index contributed by atoms with van der Waals surface area (Å²) in [6, 6.07) is 6.53. The lowest BCUT2D eigenvalue weighted by Crippen LogP contribution is -2.16.